The quantitative estimate of drug-likeness (QED) is 0.918. The Morgan fingerprint density at radius 3 is 2.67 bits per heavy atom. The molecule has 94 valence electrons. The van der Waals surface area contributed by atoms with Crippen LogP contribution in [0, 0.1) is 0 Å². The molecule has 0 radical (unpaired) electrons. The Kier molecular flexibility index (Phi) is 4.09. The second-order valence-corrected chi connectivity index (χ2v) is 5.05. The van der Waals surface area contributed by atoms with E-state index in [1.165, 1.54) is 0 Å². The molecule has 3 nitrogen and oxygen atoms in total. The molecule has 1 unspecified atom stereocenters. The van der Waals surface area contributed by atoms with Crippen molar-refractivity contribution in [3.05, 3.63) is 57.4 Å². The van der Waals surface area contributed by atoms with Crippen LogP contribution in [-0.2, 0) is 0 Å². The largest absolute Gasteiger partial charge is 0.440 e. The summed E-state index contributed by atoms with van der Waals surface area (Å²) < 4.78 is 6.01. The highest BCUT2D eigenvalue weighted by Crippen LogP contribution is 2.23. The van der Waals surface area contributed by atoms with Gasteiger partial charge >= 0.3 is 0 Å². The van der Waals surface area contributed by atoms with Crippen LogP contribution in [0.25, 0.3) is 0 Å². The second kappa shape index (κ2) is 5.59. The summed E-state index contributed by atoms with van der Waals surface area (Å²) in [5.74, 6) is -0.0796. The second-order valence-electron chi connectivity index (χ2n) is 3.82. The maximum atomic E-state index is 11.9. The molecule has 1 heterocycles. The summed E-state index contributed by atoms with van der Waals surface area (Å²) in [4.78, 5) is 11.9. The molecule has 0 aliphatic heterocycles. The first-order valence-corrected chi connectivity index (χ1v) is 6.55. The van der Waals surface area contributed by atoms with Gasteiger partial charge in [0.2, 0.25) is 0 Å². The Hall–Kier alpha value is -1.26. The zero-order valence-electron chi connectivity index (χ0n) is 9.61. The van der Waals surface area contributed by atoms with Crippen LogP contribution in [0.15, 0.2) is 45.3 Å². The molecule has 18 heavy (non-hydrogen) atoms. The molecule has 1 aromatic carbocycles. The Labute approximate surface area is 118 Å². The van der Waals surface area contributed by atoms with Gasteiger partial charge in [-0.05, 0) is 42.3 Å². The first-order valence-electron chi connectivity index (χ1n) is 5.38. The lowest BCUT2D eigenvalue weighted by Crippen LogP contribution is -2.26. The van der Waals surface area contributed by atoms with E-state index >= 15 is 0 Å². The average Bonchev–Trinajstić information content (AvgIpc) is 2.76. The summed E-state index contributed by atoms with van der Waals surface area (Å²) in [6, 6.07) is 10.7. The number of hydrogen-bond acceptors (Lipinski definition) is 2. The number of nitrogens with one attached hydrogen (secondary N) is 1. The third kappa shape index (κ3) is 2.94. The highest BCUT2D eigenvalue weighted by Gasteiger charge is 2.15. The van der Waals surface area contributed by atoms with Crippen molar-refractivity contribution in [3.8, 4) is 0 Å². The van der Waals surface area contributed by atoms with Crippen molar-refractivity contribution < 1.29 is 9.21 Å². The molecule has 0 aliphatic carbocycles. The van der Waals surface area contributed by atoms with E-state index in [0.29, 0.717) is 0 Å². The molecule has 1 atom stereocenters. The number of hydrogen-bond donors (Lipinski definition) is 1. The highest BCUT2D eigenvalue weighted by molar-refractivity contribution is 9.10. The van der Waals surface area contributed by atoms with Gasteiger partial charge in [0.05, 0.1) is 6.04 Å². The van der Waals surface area contributed by atoms with Crippen molar-refractivity contribution in [3.63, 3.8) is 0 Å². The van der Waals surface area contributed by atoms with Gasteiger partial charge in [0.25, 0.3) is 5.91 Å². The van der Waals surface area contributed by atoms with E-state index < -0.39 is 0 Å². The molecule has 0 bridgehead atoms. The third-order valence-corrected chi connectivity index (χ3v) is 3.44. The van der Waals surface area contributed by atoms with Crippen LogP contribution < -0.4 is 5.32 Å². The number of carbonyl (C=O) groups is 1. The fourth-order valence-electron chi connectivity index (χ4n) is 1.61. The minimum absolute atomic E-state index is 0.128. The van der Waals surface area contributed by atoms with Crippen molar-refractivity contribution in [2.45, 2.75) is 13.0 Å². The normalized spacial score (nSPS) is 12.2. The van der Waals surface area contributed by atoms with Crippen LogP contribution in [0.1, 0.15) is 29.1 Å². The van der Waals surface area contributed by atoms with Gasteiger partial charge in [-0.3, -0.25) is 4.79 Å². The van der Waals surface area contributed by atoms with Gasteiger partial charge < -0.3 is 9.73 Å². The zero-order valence-corrected chi connectivity index (χ0v) is 12.0. The van der Waals surface area contributed by atoms with Crippen molar-refractivity contribution in [2.75, 3.05) is 0 Å². The van der Waals surface area contributed by atoms with Crippen LogP contribution in [0.4, 0.5) is 0 Å². The third-order valence-electron chi connectivity index (χ3n) is 2.52. The zero-order chi connectivity index (χ0) is 13.1. The molecule has 1 N–H and O–H groups in total. The van der Waals surface area contributed by atoms with Crippen molar-refractivity contribution in [2.24, 2.45) is 0 Å². The Bertz CT molecular complexity index is 568. The van der Waals surface area contributed by atoms with E-state index in [2.05, 4.69) is 21.2 Å². The van der Waals surface area contributed by atoms with E-state index in [9.17, 15) is 4.79 Å². The van der Waals surface area contributed by atoms with Crippen molar-refractivity contribution in [1.82, 2.24) is 5.32 Å². The standard InChI is InChI=1S/C13H11BrClNO2/c1-8(9-4-2-3-5-10(9)14)16-13(17)11-6-7-12(15)18-11/h2-8H,1H3,(H,16,17). The maximum absolute atomic E-state index is 11.9. The van der Waals surface area contributed by atoms with Crippen LogP contribution in [0.5, 0.6) is 0 Å². The summed E-state index contributed by atoms with van der Waals surface area (Å²) >= 11 is 9.08. The van der Waals surface area contributed by atoms with Gasteiger partial charge in [-0.25, -0.2) is 0 Å². The van der Waals surface area contributed by atoms with Crippen LogP contribution in [-0.4, -0.2) is 5.91 Å². The first-order chi connectivity index (χ1) is 8.58. The van der Waals surface area contributed by atoms with E-state index in [1.807, 2.05) is 31.2 Å². The summed E-state index contributed by atoms with van der Waals surface area (Å²) in [6.07, 6.45) is 0. The van der Waals surface area contributed by atoms with E-state index in [1.54, 1.807) is 12.1 Å². The molecule has 0 aliphatic rings. The molecule has 0 saturated heterocycles. The first kappa shape index (κ1) is 13.2. The Morgan fingerprint density at radius 2 is 2.06 bits per heavy atom. The monoisotopic (exact) mass is 327 g/mol. The van der Waals surface area contributed by atoms with Crippen molar-refractivity contribution in [1.29, 1.82) is 0 Å². The topological polar surface area (TPSA) is 42.2 Å². The molecule has 0 spiro atoms. The number of amides is 1. The lowest BCUT2D eigenvalue weighted by molar-refractivity contribution is 0.0912. The smallest absolute Gasteiger partial charge is 0.287 e. The highest BCUT2D eigenvalue weighted by atomic mass is 79.9. The Morgan fingerprint density at radius 1 is 1.33 bits per heavy atom. The minimum Gasteiger partial charge on any atom is -0.440 e. The fourth-order valence-corrected chi connectivity index (χ4v) is 2.38. The summed E-state index contributed by atoms with van der Waals surface area (Å²) in [7, 11) is 0. The van der Waals surface area contributed by atoms with Gasteiger partial charge in [-0.1, -0.05) is 34.1 Å². The molecular weight excluding hydrogens is 318 g/mol. The lowest BCUT2D eigenvalue weighted by atomic mass is 10.1. The molecule has 5 heteroatoms. The maximum Gasteiger partial charge on any atom is 0.287 e. The molecule has 0 saturated carbocycles. The molecule has 1 aromatic heterocycles. The molecule has 2 aromatic rings. The lowest BCUT2D eigenvalue weighted by Gasteiger charge is -2.14. The van der Waals surface area contributed by atoms with Crippen LogP contribution >= 0.6 is 27.5 Å². The van der Waals surface area contributed by atoms with E-state index in [4.69, 9.17) is 16.0 Å². The molecule has 1 amide bonds. The van der Waals surface area contributed by atoms with Gasteiger partial charge in [0, 0.05) is 4.47 Å². The molecular formula is C13H11BrClNO2. The van der Waals surface area contributed by atoms with E-state index in [0.717, 1.165) is 10.0 Å². The number of benzene rings is 1. The van der Waals surface area contributed by atoms with Gasteiger partial charge in [-0.2, -0.15) is 0 Å². The number of rotatable bonds is 3. The predicted molar refractivity (Wildman–Crippen MR) is 73.7 cm³/mol. The van der Waals surface area contributed by atoms with Gasteiger partial charge in [-0.15, -0.1) is 0 Å². The van der Waals surface area contributed by atoms with Gasteiger partial charge in [0.15, 0.2) is 11.0 Å². The summed E-state index contributed by atoms with van der Waals surface area (Å²) in [5.41, 5.74) is 1.00. The Balaban J connectivity index is 2.10. The fraction of sp³-hybridized carbons (Fsp3) is 0.154. The number of carbonyl (C=O) groups excluding carboxylic acids is 1. The van der Waals surface area contributed by atoms with Crippen molar-refractivity contribution >= 4 is 33.4 Å². The average molecular weight is 329 g/mol. The van der Waals surface area contributed by atoms with E-state index in [-0.39, 0.29) is 22.9 Å². The summed E-state index contributed by atoms with van der Waals surface area (Å²) in [5, 5.41) is 3.05. The SMILES string of the molecule is CC(NC(=O)c1ccc(Cl)o1)c1ccccc1Br. The van der Waals surface area contributed by atoms with Crippen LogP contribution in [0.3, 0.4) is 0 Å². The van der Waals surface area contributed by atoms with Gasteiger partial charge in [0.1, 0.15) is 0 Å². The summed E-state index contributed by atoms with van der Waals surface area (Å²) in [6.45, 7) is 1.91. The predicted octanol–water partition coefficient (Wildman–Crippen LogP) is 4.19. The molecule has 2 rings (SSSR count). The molecule has 0 fully saturated rings. The number of furan rings is 1. The number of halogens is 2. The van der Waals surface area contributed by atoms with Crippen LogP contribution in [0.2, 0.25) is 5.22 Å². The minimum atomic E-state index is -0.287.